The van der Waals surface area contributed by atoms with Gasteiger partial charge in [0.15, 0.2) is 0 Å². The Labute approximate surface area is 85.7 Å². The Balaban J connectivity index is 2.33. The Morgan fingerprint density at radius 3 is 2.73 bits per heavy atom. The zero-order valence-corrected chi connectivity index (χ0v) is 8.04. The number of imidazole rings is 1. The SMILES string of the molecule is NCCn1cnc(-c2nnc(N)n2N)c1. The van der Waals surface area contributed by atoms with Crippen LogP contribution in [0.15, 0.2) is 12.5 Å². The van der Waals surface area contributed by atoms with Crippen molar-refractivity contribution in [2.24, 2.45) is 5.73 Å². The lowest BCUT2D eigenvalue weighted by Gasteiger charge is -1.97. The van der Waals surface area contributed by atoms with Crippen LogP contribution in [-0.2, 0) is 6.54 Å². The normalized spacial score (nSPS) is 10.7. The first kappa shape index (κ1) is 9.46. The Morgan fingerprint density at radius 1 is 1.33 bits per heavy atom. The molecule has 0 saturated carbocycles. The van der Waals surface area contributed by atoms with Gasteiger partial charge < -0.3 is 21.9 Å². The first-order chi connectivity index (χ1) is 7.22. The number of nitrogen functional groups attached to an aromatic ring is 2. The van der Waals surface area contributed by atoms with Crippen LogP contribution in [0.3, 0.4) is 0 Å². The van der Waals surface area contributed by atoms with Crippen molar-refractivity contribution in [2.75, 3.05) is 18.1 Å². The van der Waals surface area contributed by atoms with E-state index >= 15 is 0 Å². The van der Waals surface area contributed by atoms with Crippen molar-refractivity contribution in [3.63, 3.8) is 0 Å². The first-order valence-corrected chi connectivity index (χ1v) is 4.40. The highest BCUT2D eigenvalue weighted by molar-refractivity contribution is 5.50. The van der Waals surface area contributed by atoms with Gasteiger partial charge in [0.2, 0.25) is 11.8 Å². The van der Waals surface area contributed by atoms with Gasteiger partial charge in [-0.3, -0.25) is 0 Å². The average molecular weight is 208 g/mol. The molecule has 0 aliphatic carbocycles. The zero-order valence-electron chi connectivity index (χ0n) is 8.04. The number of nitrogens with zero attached hydrogens (tertiary/aromatic N) is 5. The number of anilines is 1. The summed E-state index contributed by atoms with van der Waals surface area (Å²) in [7, 11) is 0. The highest BCUT2D eigenvalue weighted by Gasteiger charge is 2.11. The highest BCUT2D eigenvalue weighted by atomic mass is 15.4. The average Bonchev–Trinajstić information content (AvgIpc) is 2.77. The zero-order chi connectivity index (χ0) is 10.8. The van der Waals surface area contributed by atoms with Crippen molar-refractivity contribution in [3.8, 4) is 11.5 Å². The van der Waals surface area contributed by atoms with Crippen LogP contribution in [0, 0.1) is 0 Å². The summed E-state index contributed by atoms with van der Waals surface area (Å²) in [6.45, 7) is 1.24. The third kappa shape index (κ3) is 1.62. The van der Waals surface area contributed by atoms with E-state index in [-0.39, 0.29) is 5.95 Å². The Hall–Kier alpha value is -2.09. The summed E-state index contributed by atoms with van der Waals surface area (Å²) >= 11 is 0. The highest BCUT2D eigenvalue weighted by Crippen LogP contribution is 2.13. The van der Waals surface area contributed by atoms with Gasteiger partial charge in [-0.25, -0.2) is 9.66 Å². The van der Waals surface area contributed by atoms with Gasteiger partial charge in [0.1, 0.15) is 5.69 Å². The molecule has 2 aromatic heterocycles. The van der Waals surface area contributed by atoms with E-state index in [0.717, 1.165) is 0 Å². The lowest BCUT2D eigenvalue weighted by atomic mass is 10.4. The maximum Gasteiger partial charge on any atom is 0.241 e. The van der Waals surface area contributed by atoms with Crippen molar-refractivity contribution >= 4 is 5.95 Å². The minimum Gasteiger partial charge on any atom is -0.366 e. The Kier molecular flexibility index (Phi) is 2.26. The summed E-state index contributed by atoms with van der Waals surface area (Å²) in [6, 6.07) is 0. The van der Waals surface area contributed by atoms with Gasteiger partial charge >= 0.3 is 0 Å². The fraction of sp³-hybridized carbons (Fsp3) is 0.286. The van der Waals surface area contributed by atoms with Crippen molar-refractivity contribution in [1.82, 2.24) is 24.4 Å². The molecule has 0 fully saturated rings. The monoisotopic (exact) mass is 208 g/mol. The number of nitrogens with two attached hydrogens (primary N) is 3. The minimum absolute atomic E-state index is 0.151. The van der Waals surface area contributed by atoms with Crippen LogP contribution in [0.2, 0.25) is 0 Å². The van der Waals surface area contributed by atoms with E-state index in [2.05, 4.69) is 15.2 Å². The molecule has 0 aliphatic heterocycles. The van der Waals surface area contributed by atoms with Crippen LogP contribution in [0.4, 0.5) is 5.95 Å². The van der Waals surface area contributed by atoms with E-state index in [4.69, 9.17) is 17.3 Å². The summed E-state index contributed by atoms with van der Waals surface area (Å²) in [5, 5.41) is 7.45. The molecular weight excluding hydrogens is 196 g/mol. The fourth-order valence-corrected chi connectivity index (χ4v) is 1.23. The first-order valence-electron chi connectivity index (χ1n) is 4.40. The summed E-state index contributed by atoms with van der Waals surface area (Å²) in [5.41, 5.74) is 11.5. The standard InChI is InChI=1S/C7H12N8/c8-1-2-14-3-5(11-4-14)6-12-13-7(9)15(6)10/h3-4H,1-2,8,10H2,(H2,9,13). The molecule has 80 valence electrons. The molecule has 2 heterocycles. The number of hydrogen-bond donors (Lipinski definition) is 3. The third-order valence-corrected chi connectivity index (χ3v) is 1.97. The second kappa shape index (κ2) is 3.58. The van der Waals surface area contributed by atoms with Crippen LogP contribution < -0.4 is 17.3 Å². The molecule has 8 nitrogen and oxygen atoms in total. The second-order valence-electron chi connectivity index (χ2n) is 3.04. The lowest BCUT2D eigenvalue weighted by Crippen LogP contribution is -2.13. The van der Waals surface area contributed by atoms with Crippen molar-refractivity contribution < 1.29 is 0 Å². The molecular formula is C7H12N8. The lowest BCUT2D eigenvalue weighted by molar-refractivity contribution is 0.708. The maximum absolute atomic E-state index is 5.61. The van der Waals surface area contributed by atoms with E-state index in [0.29, 0.717) is 24.6 Å². The number of hydrogen-bond acceptors (Lipinski definition) is 6. The van der Waals surface area contributed by atoms with E-state index in [1.165, 1.54) is 4.68 Å². The molecule has 0 atom stereocenters. The molecule has 0 amide bonds. The predicted molar refractivity (Wildman–Crippen MR) is 54.9 cm³/mol. The largest absolute Gasteiger partial charge is 0.366 e. The predicted octanol–water partition coefficient (Wildman–Crippen LogP) is -1.60. The van der Waals surface area contributed by atoms with E-state index in [9.17, 15) is 0 Å². The van der Waals surface area contributed by atoms with Gasteiger partial charge in [0.05, 0.1) is 6.33 Å². The summed E-state index contributed by atoms with van der Waals surface area (Å²) in [5.74, 6) is 6.20. The van der Waals surface area contributed by atoms with Crippen molar-refractivity contribution in [2.45, 2.75) is 6.54 Å². The van der Waals surface area contributed by atoms with Gasteiger partial charge in [-0.1, -0.05) is 0 Å². The van der Waals surface area contributed by atoms with Crippen LogP contribution in [0.5, 0.6) is 0 Å². The van der Waals surface area contributed by atoms with Crippen molar-refractivity contribution in [3.05, 3.63) is 12.5 Å². The van der Waals surface area contributed by atoms with Gasteiger partial charge in [0.25, 0.3) is 0 Å². The van der Waals surface area contributed by atoms with Crippen molar-refractivity contribution in [1.29, 1.82) is 0 Å². The fourth-order valence-electron chi connectivity index (χ4n) is 1.23. The summed E-state index contributed by atoms with van der Waals surface area (Å²) in [6.07, 6.45) is 3.45. The summed E-state index contributed by atoms with van der Waals surface area (Å²) < 4.78 is 3.04. The number of rotatable bonds is 3. The molecule has 0 saturated heterocycles. The summed E-state index contributed by atoms with van der Waals surface area (Å²) in [4.78, 5) is 4.13. The van der Waals surface area contributed by atoms with E-state index in [1.54, 1.807) is 12.5 Å². The molecule has 0 aliphatic rings. The molecule has 15 heavy (non-hydrogen) atoms. The molecule has 0 bridgehead atoms. The van der Waals surface area contributed by atoms with Crippen LogP contribution >= 0.6 is 0 Å². The molecule has 8 heteroatoms. The topological polar surface area (TPSA) is 127 Å². The van der Waals surface area contributed by atoms with Crippen LogP contribution in [0.1, 0.15) is 0 Å². The molecule has 0 aromatic carbocycles. The quantitative estimate of drug-likeness (QED) is 0.521. The van der Waals surface area contributed by atoms with Crippen LogP contribution in [-0.4, -0.2) is 31.0 Å². The Bertz CT molecular complexity index is 455. The molecule has 2 aromatic rings. The second-order valence-corrected chi connectivity index (χ2v) is 3.04. The minimum atomic E-state index is 0.151. The molecule has 0 unspecified atom stereocenters. The van der Waals surface area contributed by atoms with Gasteiger partial charge in [-0.05, 0) is 0 Å². The molecule has 2 rings (SSSR count). The van der Waals surface area contributed by atoms with E-state index < -0.39 is 0 Å². The molecule has 0 radical (unpaired) electrons. The Morgan fingerprint density at radius 2 is 2.13 bits per heavy atom. The molecule has 0 spiro atoms. The number of aromatic nitrogens is 5. The van der Waals surface area contributed by atoms with Crippen LogP contribution in [0.25, 0.3) is 11.5 Å². The van der Waals surface area contributed by atoms with Gasteiger partial charge in [-0.15, -0.1) is 10.2 Å². The van der Waals surface area contributed by atoms with Gasteiger partial charge in [-0.2, -0.15) is 0 Å². The smallest absolute Gasteiger partial charge is 0.241 e. The van der Waals surface area contributed by atoms with Gasteiger partial charge in [0, 0.05) is 19.3 Å². The third-order valence-electron chi connectivity index (χ3n) is 1.97. The maximum atomic E-state index is 5.61. The van der Waals surface area contributed by atoms with E-state index in [1.807, 2.05) is 4.57 Å². The molecule has 6 N–H and O–H groups in total.